The lowest BCUT2D eigenvalue weighted by atomic mass is 9.95. The van der Waals surface area contributed by atoms with Crippen molar-refractivity contribution in [2.75, 3.05) is 6.61 Å². The topological polar surface area (TPSA) is 26.3 Å². The molecule has 1 atom stereocenters. The van der Waals surface area contributed by atoms with E-state index < -0.39 is 0 Å². The molecule has 0 aromatic carbocycles. The van der Waals surface area contributed by atoms with Crippen LogP contribution >= 0.6 is 0 Å². The zero-order chi connectivity index (χ0) is 25.8. The predicted molar refractivity (Wildman–Crippen MR) is 156 cm³/mol. The SMILES string of the molecule is CCCCCCCCCCCCCCC(C)C(=O)OCC(CCCCCCC)CCCCCCC. The second-order valence-corrected chi connectivity index (χ2v) is 11.5. The minimum absolute atomic E-state index is 0.0510. The minimum atomic E-state index is 0.0510. The Balaban J connectivity index is 3.89. The average Bonchev–Trinajstić information content (AvgIpc) is 2.86. The maximum atomic E-state index is 12.6. The van der Waals surface area contributed by atoms with Crippen LogP contribution < -0.4 is 0 Å². The molecule has 0 aliphatic rings. The lowest BCUT2D eigenvalue weighted by Crippen LogP contribution is -2.20. The van der Waals surface area contributed by atoms with E-state index in [0.717, 1.165) is 6.42 Å². The first-order valence-corrected chi connectivity index (χ1v) is 16.3. The molecule has 35 heavy (non-hydrogen) atoms. The Labute approximate surface area is 222 Å². The molecule has 0 aliphatic carbocycles. The van der Waals surface area contributed by atoms with Gasteiger partial charge in [-0.05, 0) is 25.2 Å². The van der Waals surface area contributed by atoms with Crippen molar-refractivity contribution in [3.63, 3.8) is 0 Å². The molecule has 0 heterocycles. The van der Waals surface area contributed by atoms with E-state index in [1.54, 1.807) is 0 Å². The monoisotopic (exact) mass is 495 g/mol. The van der Waals surface area contributed by atoms with E-state index in [2.05, 4.69) is 27.7 Å². The molecule has 0 N–H and O–H groups in total. The number of rotatable bonds is 28. The summed E-state index contributed by atoms with van der Waals surface area (Å²) in [5.74, 6) is 0.684. The van der Waals surface area contributed by atoms with Gasteiger partial charge in [-0.2, -0.15) is 0 Å². The molecule has 0 aliphatic heterocycles. The van der Waals surface area contributed by atoms with Crippen molar-refractivity contribution in [2.24, 2.45) is 11.8 Å². The first kappa shape index (κ1) is 34.5. The Hall–Kier alpha value is -0.530. The summed E-state index contributed by atoms with van der Waals surface area (Å²) in [6.45, 7) is 9.57. The zero-order valence-corrected chi connectivity index (χ0v) is 24.9. The van der Waals surface area contributed by atoms with Crippen LogP contribution in [0.15, 0.2) is 0 Å². The maximum Gasteiger partial charge on any atom is 0.308 e. The third-order valence-corrected chi connectivity index (χ3v) is 7.79. The van der Waals surface area contributed by atoms with Gasteiger partial charge in [0, 0.05) is 0 Å². The van der Waals surface area contributed by atoms with Crippen molar-refractivity contribution in [2.45, 2.75) is 188 Å². The quantitative estimate of drug-likeness (QED) is 0.0798. The van der Waals surface area contributed by atoms with E-state index in [0.29, 0.717) is 12.5 Å². The van der Waals surface area contributed by atoms with Gasteiger partial charge in [0.05, 0.1) is 12.5 Å². The van der Waals surface area contributed by atoms with Gasteiger partial charge in [0.1, 0.15) is 0 Å². The van der Waals surface area contributed by atoms with Crippen LogP contribution in [0.2, 0.25) is 0 Å². The van der Waals surface area contributed by atoms with Crippen LogP contribution in [0.3, 0.4) is 0 Å². The molecule has 0 aromatic rings. The van der Waals surface area contributed by atoms with Crippen molar-refractivity contribution in [3.05, 3.63) is 0 Å². The van der Waals surface area contributed by atoms with Gasteiger partial charge in [-0.25, -0.2) is 0 Å². The highest BCUT2D eigenvalue weighted by Gasteiger charge is 2.17. The van der Waals surface area contributed by atoms with Crippen LogP contribution in [0, 0.1) is 11.8 Å². The van der Waals surface area contributed by atoms with Crippen LogP contribution in [0.5, 0.6) is 0 Å². The largest absolute Gasteiger partial charge is 0.465 e. The Morgan fingerprint density at radius 3 is 1.17 bits per heavy atom. The van der Waals surface area contributed by atoms with Crippen molar-refractivity contribution >= 4 is 5.97 Å². The first-order chi connectivity index (χ1) is 17.2. The zero-order valence-electron chi connectivity index (χ0n) is 24.9. The molecule has 0 saturated heterocycles. The summed E-state index contributed by atoms with van der Waals surface area (Å²) in [6, 6.07) is 0. The van der Waals surface area contributed by atoms with Gasteiger partial charge in [0.15, 0.2) is 0 Å². The molecule has 0 rings (SSSR count). The van der Waals surface area contributed by atoms with E-state index >= 15 is 0 Å². The molecular formula is C33H66O2. The van der Waals surface area contributed by atoms with Crippen molar-refractivity contribution in [1.29, 1.82) is 0 Å². The van der Waals surface area contributed by atoms with Gasteiger partial charge >= 0.3 is 5.97 Å². The molecule has 0 radical (unpaired) electrons. The number of esters is 1. The third kappa shape index (κ3) is 24.9. The second-order valence-electron chi connectivity index (χ2n) is 11.5. The first-order valence-electron chi connectivity index (χ1n) is 16.3. The van der Waals surface area contributed by atoms with Crippen LogP contribution in [0.1, 0.15) is 188 Å². The molecule has 0 bridgehead atoms. The smallest absolute Gasteiger partial charge is 0.308 e. The van der Waals surface area contributed by atoms with E-state index in [-0.39, 0.29) is 11.9 Å². The summed E-state index contributed by atoms with van der Waals surface area (Å²) in [4.78, 5) is 12.6. The van der Waals surface area contributed by atoms with Gasteiger partial charge in [0.2, 0.25) is 0 Å². The number of ether oxygens (including phenoxy) is 1. The van der Waals surface area contributed by atoms with Gasteiger partial charge in [0.25, 0.3) is 0 Å². The summed E-state index contributed by atoms with van der Waals surface area (Å²) < 4.78 is 5.84. The van der Waals surface area contributed by atoms with Crippen molar-refractivity contribution in [3.8, 4) is 0 Å². The number of hydrogen-bond donors (Lipinski definition) is 0. The summed E-state index contributed by atoms with van der Waals surface area (Å²) in [7, 11) is 0. The fourth-order valence-electron chi connectivity index (χ4n) is 5.14. The minimum Gasteiger partial charge on any atom is -0.465 e. The van der Waals surface area contributed by atoms with Crippen LogP contribution in [0.25, 0.3) is 0 Å². The normalized spacial score (nSPS) is 12.4. The van der Waals surface area contributed by atoms with E-state index in [4.69, 9.17) is 4.74 Å². The Kier molecular flexibility index (Phi) is 27.6. The van der Waals surface area contributed by atoms with Crippen molar-refractivity contribution in [1.82, 2.24) is 0 Å². The number of carbonyl (C=O) groups is 1. The molecule has 0 aromatic heterocycles. The Morgan fingerprint density at radius 2 is 0.800 bits per heavy atom. The molecule has 0 spiro atoms. The van der Waals surface area contributed by atoms with Gasteiger partial charge in [-0.3, -0.25) is 4.79 Å². The standard InChI is InChI=1S/C33H66O2/c1-5-8-11-14-15-16-17-18-19-20-23-24-27-31(4)33(34)35-30-32(28-25-21-12-9-6-2)29-26-22-13-10-7-3/h31-32H,5-30H2,1-4H3. The maximum absolute atomic E-state index is 12.6. The molecule has 2 heteroatoms. The third-order valence-electron chi connectivity index (χ3n) is 7.79. The summed E-state index contributed by atoms with van der Waals surface area (Å²) >= 11 is 0. The van der Waals surface area contributed by atoms with Gasteiger partial charge in [-0.1, -0.05) is 169 Å². The van der Waals surface area contributed by atoms with Gasteiger partial charge < -0.3 is 4.74 Å². The van der Waals surface area contributed by atoms with Crippen LogP contribution in [-0.4, -0.2) is 12.6 Å². The highest BCUT2D eigenvalue weighted by Crippen LogP contribution is 2.21. The number of carbonyl (C=O) groups excluding carboxylic acids is 1. The molecule has 2 nitrogen and oxygen atoms in total. The van der Waals surface area contributed by atoms with Crippen LogP contribution in [0.4, 0.5) is 0 Å². The van der Waals surface area contributed by atoms with Crippen LogP contribution in [-0.2, 0) is 9.53 Å². The summed E-state index contributed by atoms with van der Waals surface area (Å²) in [5.41, 5.74) is 0. The second kappa shape index (κ2) is 28.0. The number of hydrogen-bond acceptors (Lipinski definition) is 2. The molecule has 0 fully saturated rings. The Morgan fingerprint density at radius 1 is 0.486 bits per heavy atom. The molecular weight excluding hydrogens is 428 g/mol. The lowest BCUT2D eigenvalue weighted by molar-refractivity contribution is -0.149. The summed E-state index contributed by atoms with van der Waals surface area (Å²) in [6.07, 6.45) is 33.2. The molecule has 0 saturated carbocycles. The fourth-order valence-corrected chi connectivity index (χ4v) is 5.14. The van der Waals surface area contributed by atoms with E-state index in [1.165, 1.54) is 154 Å². The molecule has 0 amide bonds. The average molecular weight is 495 g/mol. The fraction of sp³-hybridized carbons (Fsp3) is 0.970. The highest BCUT2D eigenvalue weighted by molar-refractivity contribution is 5.71. The Bertz CT molecular complexity index is 405. The van der Waals surface area contributed by atoms with Gasteiger partial charge in [-0.15, -0.1) is 0 Å². The van der Waals surface area contributed by atoms with E-state index in [9.17, 15) is 4.79 Å². The lowest BCUT2D eigenvalue weighted by Gasteiger charge is -2.19. The predicted octanol–water partition coefficient (Wildman–Crippen LogP) is 11.6. The molecule has 1 unspecified atom stereocenters. The van der Waals surface area contributed by atoms with Crippen molar-refractivity contribution < 1.29 is 9.53 Å². The highest BCUT2D eigenvalue weighted by atomic mass is 16.5. The van der Waals surface area contributed by atoms with E-state index in [1.807, 2.05) is 0 Å². The summed E-state index contributed by atoms with van der Waals surface area (Å²) in [5, 5.41) is 0. The number of unbranched alkanes of at least 4 members (excludes halogenated alkanes) is 19. The molecule has 210 valence electrons.